The SMILES string of the molecule is Cc1nc(C(=O)NC(c2ccccc2)c2ccc(C(F)(F)F)cc2)cc(=O)[nH]1. The average Bonchev–Trinajstić information content (AvgIpc) is 2.65. The number of aryl methyl sites for hydroxylation is 1. The predicted octanol–water partition coefficient (Wildman–Crippen LogP) is 3.62. The third-order valence-corrected chi connectivity index (χ3v) is 4.07. The first-order valence-corrected chi connectivity index (χ1v) is 8.35. The van der Waals surface area contributed by atoms with Gasteiger partial charge in [0, 0.05) is 6.07 Å². The van der Waals surface area contributed by atoms with Crippen molar-refractivity contribution in [3.63, 3.8) is 0 Å². The number of halogens is 3. The molecule has 2 N–H and O–H groups in total. The van der Waals surface area contributed by atoms with E-state index in [1.165, 1.54) is 12.1 Å². The number of aromatic nitrogens is 2. The second-order valence-corrected chi connectivity index (χ2v) is 6.15. The Labute approximate surface area is 158 Å². The molecule has 1 aromatic heterocycles. The van der Waals surface area contributed by atoms with Crippen LogP contribution in [0.4, 0.5) is 13.2 Å². The fraction of sp³-hybridized carbons (Fsp3) is 0.150. The van der Waals surface area contributed by atoms with Crippen LogP contribution in [0.25, 0.3) is 0 Å². The lowest BCUT2D eigenvalue weighted by Gasteiger charge is -2.20. The van der Waals surface area contributed by atoms with Crippen molar-refractivity contribution >= 4 is 5.91 Å². The van der Waals surface area contributed by atoms with Gasteiger partial charge in [-0.3, -0.25) is 9.59 Å². The Morgan fingerprint density at radius 1 is 1.04 bits per heavy atom. The number of hydrogen-bond acceptors (Lipinski definition) is 3. The van der Waals surface area contributed by atoms with Gasteiger partial charge in [-0.2, -0.15) is 13.2 Å². The summed E-state index contributed by atoms with van der Waals surface area (Å²) in [4.78, 5) is 30.7. The normalized spacial score (nSPS) is 12.4. The number of benzene rings is 2. The van der Waals surface area contributed by atoms with Crippen LogP contribution in [0.3, 0.4) is 0 Å². The Kier molecular flexibility index (Phi) is 5.30. The lowest BCUT2D eigenvalue weighted by atomic mass is 9.97. The molecule has 0 aliphatic heterocycles. The van der Waals surface area contributed by atoms with Crippen molar-refractivity contribution in [1.82, 2.24) is 15.3 Å². The lowest BCUT2D eigenvalue weighted by molar-refractivity contribution is -0.137. The van der Waals surface area contributed by atoms with E-state index in [9.17, 15) is 22.8 Å². The van der Waals surface area contributed by atoms with Gasteiger partial charge in [0.25, 0.3) is 11.5 Å². The highest BCUT2D eigenvalue weighted by atomic mass is 19.4. The van der Waals surface area contributed by atoms with Crippen molar-refractivity contribution < 1.29 is 18.0 Å². The van der Waals surface area contributed by atoms with Crippen LogP contribution in [0.1, 0.15) is 39.0 Å². The average molecular weight is 387 g/mol. The molecule has 0 bridgehead atoms. The second kappa shape index (κ2) is 7.67. The van der Waals surface area contributed by atoms with Crippen molar-refractivity contribution in [3.05, 3.63) is 99.2 Å². The van der Waals surface area contributed by atoms with Crippen molar-refractivity contribution in [2.75, 3.05) is 0 Å². The number of nitrogens with zero attached hydrogens (tertiary/aromatic N) is 1. The Morgan fingerprint density at radius 3 is 2.21 bits per heavy atom. The summed E-state index contributed by atoms with van der Waals surface area (Å²) in [5.74, 6) is -0.327. The van der Waals surface area contributed by atoms with Gasteiger partial charge in [-0.1, -0.05) is 42.5 Å². The summed E-state index contributed by atoms with van der Waals surface area (Å²) in [6.07, 6.45) is -4.45. The molecule has 5 nitrogen and oxygen atoms in total. The van der Waals surface area contributed by atoms with E-state index >= 15 is 0 Å². The first-order valence-electron chi connectivity index (χ1n) is 8.35. The van der Waals surface area contributed by atoms with Gasteiger partial charge in [-0.05, 0) is 30.2 Å². The summed E-state index contributed by atoms with van der Waals surface area (Å²) in [5, 5.41) is 2.74. The van der Waals surface area contributed by atoms with E-state index in [1.54, 1.807) is 37.3 Å². The summed E-state index contributed by atoms with van der Waals surface area (Å²) >= 11 is 0. The number of amides is 1. The smallest absolute Gasteiger partial charge is 0.340 e. The third kappa shape index (κ3) is 4.46. The summed E-state index contributed by atoms with van der Waals surface area (Å²) in [7, 11) is 0. The van der Waals surface area contributed by atoms with Crippen LogP contribution in [0.2, 0.25) is 0 Å². The largest absolute Gasteiger partial charge is 0.416 e. The Morgan fingerprint density at radius 2 is 1.64 bits per heavy atom. The van der Waals surface area contributed by atoms with Crippen molar-refractivity contribution in [2.45, 2.75) is 19.1 Å². The molecule has 0 spiro atoms. The molecule has 0 saturated heterocycles. The Balaban J connectivity index is 1.96. The topological polar surface area (TPSA) is 74.8 Å². The number of nitrogens with one attached hydrogen (secondary N) is 2. The van der Waals surface area contributed by atoms with Gasteiger partial charge >= 0.3 is 6.18 Å². The number of alkyl halides is 3. The molecular formula is C20H16F3N3O2. The van der Waals surface area contributed by atoms with Crippen molar-refractivity contribution in [2.24, 2.45) is 0 Å². The summed E-state index contributed by atoms with van der Waals surface area (Å²) < 4.78 is 38.5. The molecule has 0 saturated carbocycles. The summed E-state index contributed by atoms with van der Waals surface area (Å²) in [6.45, 7) is 1.54. The van der Waals surface area contributed by atoms with Crippen molar-refractivity contribution in [1.29, 1.82) is 0 Å². The number of rotatable bonds is 4. The second-order valence-electron chi connectivity index (χ2n) is 6.15. The van der Waals surface area contributed by atoms with Crippen LogP contribution < -0.4 is 10.9 Å². The van der Waals surface area contributed by atoms with E-state index in [2.05, 4.69) is 15.3 Å². The van der Waals surface area contributed by atoms with Gasteiger partial charge in [0.1, 0.15) is 11.5 Å². The van der Waals surface area contributed by atoms with Gasteiger partial charge < -0.3 is 10.3 Å². The van der Waals surface area contributed by atoms with E-state index in [1.807, 2.05) is 0 Å². The van der Waals surface area contributed by atoms with Crippen molar-refractivity contribution in [3.8, 4) is 0 Å². The fourth-order valence-corrected chi connectivity index (χ4v) is 2.77. The maximum absolute atomic E-state index is 12.8. The molecule has 0 fully saturated rings. The standard InChI is InChI=1S/C20H16F3N3O2/c1-12-24-16(11-17(27)25-12)19(28)26-18(13-5-3-2-4-6-13)14-7-9-15(10-8-14)20(21,22)23/h2-11,18H,1H3,(H,26,28)(H,24,25,27). The molecule has 3 rings (SSSR count). The fourth-order valence-electron chi connectivity index (χ4n) is 2.77. The van der Waals surface area contributed by atoms with E-state index in [4.69, 9.17) is 0 Å². The highest BCUT2D eigenvalue weighted by Gasteiger charge is 2.30. The number of aromatic amines is 1. The molecule has 0 aliphatic rings. The third-order valence-electron chi connectivity index (χ3n) is 4.07. The van der Waals surface area contributed by atoms with E-state index in [0.717, 1.165) is 18.2 Å². The molecule has 144 valence electrons. The Bertz CT molecular complexity index is 1030. The zero-order chi connectivity index (χ0) is 20.3. The van der Waals surface area contributed by atoms with Crippen LogP contribution in [0, 0.1) is 6.92 Å². The van der Waals surface area contributed by atoms with Gasteiger partial charge in [0.2, 0.25) is 0 Å². The van der Waals surface area contributed by atoms with Crippen LogP contribution in [-0.2, 0) is 6.18 Å². The quantitative estimate of drug-likeness (QED) is 0.718. The zero-order valence-corrected chi connectivity index (χ0v) is 14.7. The van der Waals surface area contributed by atoms with Gasteiger partial charge in [-0.15, -0.1) is 0 Å². The highest BCUT2D eigenvalue weighted by Crippen LogP contribution is 2.31. The first kappa shape index (κ1) is 19.3. The maximum Gasteiger partial charge on any atom is 0.416 e. The van der Waals surface area contributed by atoms with E-state index in [-0.39, 0.29) is 11.5 Å². The lowest BCUT2D eigenvalue weighted by Crippen LogP contribution is -2.31. The number of H-pyrrole nitrogens is 1. The molecule has 2 aromatic carbocycles. The molecule has 1 amide bonds. The van der Waals surface area contributed by atoms with E-state index < -0.39 is 29.2 Å². The molecule has 1 heterocycles. The molecular weight excluding hydrogens is 371 g/mol. The highest BCUT2D eigenvalue weighted by molar-refractivity contribution is 5.92. The molecule has 1 unspecified atom stereocenters. The zero-order valence-electron chi connectivity index (χ0n) is 14.7. The minimum atomic E-state index is -4.45. The van der Waals surface area contributed by atoms with Crippen LogP contribution in [0.15, 0.2) is 65.5 Å². The molecule has 8 heteroatoms. The van der Waals surface area contributed by atoms with Crippen LogP contribution >= 0.6 is 0 Å². The molecule has 0 aliphatic carbocycles. The monoisotopic (exact) mass is 387 g/mol. The van der Waals surface area contributed by atoms with Gasteiger partial charge in [0.05, 0.1) is 11.6 Å². The molecule has 3 aromatic rings. The minimum absolute atomic E-state index is 0.0749. The first-order chi connectivity index (χ1) is 13.2. The molecule has 28 heavy (non-hydrogen) atoms. The predicted molar refractivity (Wildman–Crippen MR) is 96.8 cm³/mol. The van der Waals surface area contributed by atoms with Gasteiger partial charge in [-0.25, -0.2) is 4.98 Å². The molecule has 1 atom stereocenters. The minimum Gasteiger partial charge on any atom is -0.340 e. The van der Waals surface area contributed by atoms with E-state index in [0.29, 0.717) is 11.1 Å². The number of carbonyl (C=O) groups is 1. The maximum atomic E-state index is 12.8. The molecule has 0 radical (unpaired) electrons. The van der Waals surface area contributed by atoms with Crippen LogP contribution in [0.5, 0.6) is 0 Å². The number of carbonyl (C=O) groups excluding carboxylic acids is 1. The number of hydrogen-bond donors (Lipinski definition) is 2. The summed E-state index contributed by atoms with van der Waals surface area (Å²) in [6, 6.07) is 13.7. The van der Waals surface area contributed by atoms with Crippen LogP contribution in [-0.4, -0.2) is 15.9 Å². The Hall–Kier alpha value is -3.42. The summed E-state index contributed by atoms with van der Waals surface area (Å²) in [5.41, 5.74) is -0.176. The van der Waals surface area contributed by atoms with Gasteiger partial charge in [0.15, 0.2) is 0 Å².